The summed E-state index contributed by atoms with van der Waals surface area (Å²) in [5.74, 6) is 1.86. The molecule has 0 bridgehead atoms. The number of benzene rings is 1. The molecule has 0 amide bonds. The van der Waals surface area contributed by atoms with Crippen LogP contribution >= 0.6 is 0 Å². The van der Waals surface area contributed by atoms with Crippen molar-refractivity contribution < 1.29 is 0 Å². The van der Waals surface area contributed by atoms with E-state index in [4.69, 9.17) is 5.73 Å². The van der Waals surface area contributed by atoms with Crippen LogP contribution in [0.15, 0.2) is 50.3 Å². The Kier molecular flexibility index (Phi) is 2.29. The first-order valence-electron chi connectivity index (χ1n) is 5.38. The molecule has 0 aromatic heterocycles. The highest BCUT2D eigenvalue weighted by Gasteiger charge is 2.27. The largest absolute Gasteiger partial charge is 0.385 e. The second-order valence-corrected chi connectivity index (χ2v) is 3.88. The Balaban J connectivity index is 1.84. The van der Waals surface area contributed by atoms with Crippen LogP contribution in [0.1, 0.15) is 5.56 Å². The number of amidine groups is 3. The fraction of sp³-hybridized carbons (Fsp3) is 0.167. The van der Waals surface area contributed by atoms with Crippen molar-refractivity contribution in [2.24, 2.45) is 25.7 Å². The molecule has 2 aliphatic heterocycles. The molecular weight excluding hydrogens is 214 g/mol. The molecule has 0 spiro atoms. The zero-order valence-corrected chi connectivity index (χ0v) is 9.11. The van der Waals surface area contributed by atoms with Gasteiger partial charge in [-0.05, 0) is 5.56 Å². The number of aliphatic imine (C=N–C) groups is 4. The molecule has 0 fully saturated rings. The van der Waals surface area contributed by atoms with Crippen LogP contribution in [0.5, 0.6) is 0 Å². The maximum atomic E-state index is 5.75. The molecule has 2 N–H and O–H groups in total. The molecule has 17 heavy (non-hydrogen) atoms. The van der Waals surface area contributed by atoms with Crippen molar-refractivity contribution in [2.75, 3.05) is 0 Å². The Labute approximate surface area is 98.5 Å². The van der Waals surface area contributed by atoms with Crippen LogP contribution in [0.4, 0.5) is 0 Å². The highest BCUT2D eigenvalue weighted by Crippen LogP contribution is 2.13. The van der Waals surface area contributed by atoms with E-state index in [9.17, 15) is 0 Å². The van der Waals surface area contributed by atoms with E-state index in [-0.39, 0.29) is 6.04 Å². The second kappa shape index (κ2) is 3.93. The first-order valence-corrected chi connectivity index (χ1v) is 5.38. The van der Waals surface area contributed by atoms with Gasteiger partial charge in [-0.1, -0.05) is 30.3 Å². The standard InChI is InChI=1S/C12H11N5/c13-11-10-12(15-7-14-11)17-9(16-10)6-8-4-2-1-3-5-8/h1-5,7,10H,6H2,(H2,13,14,15,16,17). The fourth-order valence-corrected chi connectivity index (χ4v) is 1.82. The predicted octanol–water partition coefficient (Wildman–Crippen LogP) is 0.807. The molecule has 1 aromatic rings. The van der Waals surface area contributed by atoms with Gasteiger partial charge in [0.2, 0.25) is 0 Å². The van der Waals surface area contributed by atoms with Crippen molar-refractivity contribution in [3.8, 4) is 0 Å². The maximum Gasteiger partial charge on any atom is 0.169 e. The van der Waals surface area contributed by atoms with Crippen LogP contribution in [0.2, 0.25) is 0 Å². The normalized spacial score (nSPS) is 21.6. The summed E-state index contributed by atoms with van der Waals surface area (Å²) in [7, 11) is 0. The summed E-state index contributed by atoms with van der Waals surface area (Å²) in [6.07, 6.45) is 2.12. The lowest BCUT2D eigenvalue weighted by atomic mass is 10.1. The number of nitrogens with zero attached hydrogens (tertiary/aromatic N) is 4. The van der Waals surface area contributed by atoms with Crippen LogP contribution in [0.3, 0.4) is 0 Å². The van der Waals surface area contributed by atoms with Gasteiger partial charge < -0.3 is 5.73 Å². The molecule has 3 rings (SSSR count). The Bertz CT molecular complexity index is 554. The third-order valence-corrected chi connectivity index (χ3v) is 2.65. The lowest BCUT2D eigenvalue weighted by Gasteiger charge is -2.08. The third kappa shape index (κ3) is 1.87. The molecule has 2 heterocycles. The Morgan fingerprint density at radius 1 is 1.18 bits per heavy atom. The van der Waals surface area contributed by atoms with Gasteiger partial charge in [0, 0.05) is 6.42 Å². The van der Waals surface area contributed by atoms with Crippen molar-refractivity contribution in [1.82, 2.24) is 0 Å². The predicted molar refractivity (Wildman–Crippen MR) is 68.9 cm³/mol. The van der Waals surface area contributed by atoms with E-state index in [2.05, 4.69) is 20.0 Å². The van der Waals surface area contributed by atoms with Gasteiger partial charge in [-0.3, -0.25) is 4.99 Å². The summed E-state index contributed by atoms with van der Waals surface area (Å²) in [4.78, 5) is 16.8. The Morgan fingerprint density at radius 3 is 2.76 bits per heavy atom. The SMILES string of the molecule is NC1=NC=NC2=NC(Cc3ccccc3)=NC12. The van der Waals surface area contributed by atoms with Crippen LogP contribution in [-0.4, -0.2) is 29.9 Å². The summed E-state index contributed by atoms with van der Waals surface area (Å²) in [6, 6.07) is 9.80. The third-order valence-electron chi connectivity index (χ3n) is 2.65. The van der Waals surface area contributed by atoms with E-state index in [1.54, 1.807) is 0 Å². The van der Waals surface area contributed by atoms with Gasteiger partial charge in [0.05, 0.1) is 0 Å². The average molecular weight is 225 g/mol. The van der Waals surface area contributed by atoms with Gasteiger partial charge in [-0.25, -0.2) is 15.0 Å². The van der Waals surface area contributed by atoms with Crippen molar-refractivity contribution in [3.05, 3.63) is 35.9 Å². The van der Waals surface area contributed by atoms with E-state index in [1.165, 1.54) is 11.9 Å². The van der Waals surface area contributed by atoms with Gasteiger partial charge in [-0.2, -0.15) is 0 Å². The molecule has 5 heteroatoms. The monoisotopic (exact) mass is 225 g/mol. The Morgan fingerprint density at radius 2 is 2.00 bits per heavy atom. The van der Waals surface area contributed by atoms with E-state index >= 15 is 0 Å². The van der Waals surface area contributed by atoms with E-state index in [0.717, 1.165) is 5.84 Å². The van der Waals surface area contributed by atoms with Crippen LogP contribution in [0.25, 0.3) is 0 Å². The molecule has 5 nitrogen and oxygen atoms in total. The molecule has 1 atom stereocenters. The number of rotatable bonds is 2. The maximum absolute atomic E-state index is 5.75. The summed E-state index contributed by atoms with van der Waals surface area (Å²) in [6.45, 7) is 0. The van der Waals surface area contributed by atoms with Crippen molar-refractivity contribution in [1.29, 1.82) is 0 Å². The molecular formula is C12H11N5. The van der Waals surface area contributed by atoms with Crippen LogP contribution in [-0.2, 0) is 6.42 Å². The van der Waals surface area contributed by atoms with Crippen molar-refractivity contribution >= 4 is 23.8 Å². The van der Waals surface area contributed by atoms with E-state index in [1.807, 2.05) is 30.3 Å². The highest BCUT2D eigenvalue weighted by atomic mass is 15.2. The minimum Gasteiger partial charge on any atom is -0.385 e. The van der Waals surface area contributed by atoms with Gasteiger partial charge >= 0.3 is 0 Å². The molecule has 0 saturated heterocycles. The van der Waals surface area contributed by atoms with Crippen LogP contribution < -0.4 is 5.73 Å². The summed E-state index contributed by atoms with van der Waals surface area (Å²) in [5.41, 5.74) is 6.92. The lowest BCUT2D eigenvalue weighted by Crippen LogP contribution is -2.34. The summed E-state index contributed by atoms with van der Waals surface area (Å²) in [5, 5.41) is 0. The first-order chi connectivity index (χ1) is 8.33. The van der Waals surface area contributed by atoms with Gasteiger partial charge in [-0.15, -0.1) is 0 Å². The minimum atomic E-state index is -0.279. The molecule has 1 aromatic carbocycles. The number of hydrogen-bond donors (Lipinski definition) is 1. The number of hydrogen-bond acceptors (Lipinski definition) is 5. The molecule has 0 aliphatic carbocycles. The first kappa shape index (κ1) is 9.89. The molecule has 1 unspecified atom stereocenters. The van der Waals surface area contributed by atoms with Crippen molar-refractivity contribution in [2.45, 2.75) is 12.5 Å². The second-order valence-electron chi connectivity index (χ2n) is 3.88. The molecule has 84 valence electrons. The quantitative estimate of drug-likeness (QED) is 0.794. The summed E-state index contributed by atoms with van der Waals surface area (Å²) < 4.78 is 0. The van der Waals surface area contributed by atoms with Gasteiger partial charge in [0.25, 0.3) is 0 Å². The smallest absolute Gasteiger partial charge is 0.169 e. The van der Waals surface area contributed by atoms with Gasteiger partial charge in [0.1, 0.15) is 18.0 Å². The molecule has 0 radical (unpaired) electrons. The number of fused-ring (bicyclic) bond motifs is 1. The minimum absolute atomic E-state index is 0.279. The van der Waals surface area contributed by atoms with E-state index in [0.29, 0.717) is 18.1 Å². The molecule has 2 aliphatic rings. The summed E-state index contributed by atoms with van der Waals surface area (Å²) >= 11 is 0. The topological polar surface area (TPSA) is 75.5 Å². The van der Waals surface area contributed by atoms with Crippen LogP contribution in [0, 0.1) is 0 Å². The van der Waals surface area contributed by atoms with Gasteiger partial charge in [0.15, 0.2) is 11.9 Å². The zero-order chi connectivity index (χ0) is 11.7. The Hall–Kier alpha value is -2.30. The zero-order valence-electron chi connectivity index (χ0n) is 9.11. The lowest BCUT2D eigenvalue weighted by molar-refractivity contribution is 1.10. The van der Waals surface area contributed by atoms with E-state index < -0.39 is 0 Å². The number of nitrogens with two attached hydrogens (primary N) is 1. The fourth-order valence-electron chi connectivity index (χ4n) is 1.82. The highest BCUT2D eigenvalue weighted by molar-refractivity contribution is 6.21. The van der Waals surface area contributed by atoms with Crippen molar-refractivity contribution in [3.63, 3.8) is 0 Å². The average Bonchev–Trinajstić information content (AvgIpc) is 2.74. The molecule has 0 saturated carbocycles.